The van der Waals surface area contributed by atoms with Gasteiger partial charge in [-0.15, -0.1) is 0 Å². The maximum absolute atomic E-state index is 12.4. The lowest BCUT2D eigenvalue weighted by atomic mass is 9.91. The molecule has 0 spiro atoms. The first-order chi connectivity index (χ1) is 9.47. The number of anilines is 1. The number of carbonyl (C=O) groups excluding carboxylic acids is 1. The van der Waals surface area contributed by atoms with Gasteiger partial charge in [0.15, 0.2) is 6.04 Å². The SMILES string of the molecule is C[C@@H]1C[C@@H](C)C[NH+]([C@@H](C)C(=O)Nc2ccccc2Cl)C1. The van der Waals surface area contributed by atoms with E-state index < -0.39 is 0 Å². The van der Waals surface area contributed by atoms with Gasteiger partial charge in [-0.2, -0.15) is 0 Å². The average molecular weight is 296 g/mol. The molecule has 1 aromatic rings. The Hall–Kier alpha value is -1.06. The highest BCUT2D eigenvalue weighted by molar-refractivity contribution is 6.33. The minimum absolute atomic E-state index is 0.0449. The highest BCUT2D eigenvalue weighted by Gasteiger charge is 2.32. The molecule has 1 amide bonds. The van der Waals surface area contributed by atoms with Crippen LogP contribution in [0.25, 0.3) is 0 Å². The normalized spacial score (nSPS) is 27.9. The van der Waals surface area contributed by atoms with Crippen molar-refractivity contribution in [2.75, 3.05) is 18.4 Å². The highest BCUT2D eigenvalue weighted by Crippen LogP contribution is 2.20. The number of rotatable bonds is 3. The Morgan fingerprint density at radius 1 is 1.30 bits per heavy atom. The molecule has 1 fully saturated rings. The third-order valence-electron chi connectivity index (χ3n) is 4.16. The van der Waals surface area contributed by atoms with Crippen molar-refractivity contribution in [1.82, 2.24) is 0 Å². The number of carbonyl (C=O) groups is 1. The summed E-state index contributed by atoms with van der Waals surface area (Å²) in [6.07, 6.45) is 1.27. The molecule has 1 heterocycles. The van der Waals surface area contributed by atoms with E-state index in [2.05, 4.69) is 19.2 Å². The maximum atomic E-state index is 12.4. The number of amides is 1. The summed E-state index contributed by atoms with van der Waals surface area (Å²) in [6, 6.07) is 7.32. The zero-order valence-electron chi connectivity index (χ0n) is 12.4. The van der Waals surface area contributed by atoms with E-state index in [1.54, 1.807) is 6.07 Å². The van der Waals surface area contributed by atoms with Crippen LogP contribution in [-0.4, -0.2) is 25.0 Å². The molecule has 0 saturated carbocycles. The zero-order valence-corrected chi connectivity index (χ0v) is 13.2. The van der Waals surface area contributed by atoms with Crippen LogP contribution in [0.15, 0.2) is 24.3 Å². The fourth-order valence-electron chi connectivity index (χ4n) is 3.17. The van der Waals surface area contributed by atoms with E-state index in [1.165, 1.54) is 11.3 Å². The molecule has 0 aliphatic carbocycles. The largest absolute Gasteiger partial charge is 0.324 e. The number of hydrogen-bond donors (Lipinski definition) is 2. The molecule has 2 rings (SSSR count). The summed E-state index contributed by atoms with van der Waals surface area (Å²) in [4.78, 5) is 13.8. The van der Waals surface area contributed by atoms with E-state index in [1.807, 2.05) is 25.1 Å². The van der Waals surface area contributed by atoms with Crippen molar-refractivity contribution in [3.05, 3.63) is 29.3 Å². The summed E-state index contributed by atoms with van der Waals surface area (Å²) in [7, 11) is 0. The van der Waals surface area contributed by atoms with Crippen LogP contribution in [-0.2, 0) is 4.79 Å². The van der Waals surface area contributed by atoms with E-state index in [-0.39, 0.29) is 11.9 Å². The van der Waals surface area contributed by atoms with Gasteiger partial charge in [0, 0.05) is 11.8 Å². The predicted molar refractivity (Wildman–Crippen MR) is 83.2 cm³/mol. The van der Waals surface area contributed by atoms with Crippen LogP contribution in [0.3, 0.4) is 0 Å². The monoisotopic (exact) mass is 295 g/mol. The van der Waals surface area contributed by atoms with Crippen LogP contribution in [0.5, 0.6) is 0 Å². The Morgan fingerprint density at radius 2 is 1.90 bits per heavy atom. The molecule has 20 heavy (non-hydrogen) atoms. The molecule has 4 heteroatoms. The molecule has 0 bridgehead atoms. The molecule has 1 aromatic carbocycles. The Morgan fingerprint density at radius 3 is 2.50 bits per heavy atom. The molecule has 0 aromatic heterocycles. The second-order valence-corrected chi connectivity index (χ2v) is 6.61. The lowest BCUT2D eigenvalue weighted by molar-refractivity contribution is -0.925. The number of benzene rings is 1. The van der Waals surface area contributed by atoms with Crippen molar-refractivity contribution in [3.8, 4) is 0 Å². The topological polar surface area (TPSA) is 33.5 Å². The molecule has 1 aliphatic heterocycles. The van der Waals surface area contributed by atoms with E-state index >= 15 is 0 Å². The molecule has 3 atom stereocenters. The van der Waals surface area contributed by atoms with Gasteiger partial charge < -0.3 is 10.2 Å². The molecule has 3 nitrogen and oxygen atoms in total. The van der Waals surface area contributed by atoms with Crippen molar-refractivity contribution in [2.24, 2.45) is 11.8 Å². The van der Waals surface area contributed by atoms with Gasteiger partial charge in [0.25, 0.3) is 5.91 Å². The van der Waals surface area contributed by atoms with Gasteiger partial charge in [0.1, 0.15) is 0 Å². The zero-order chi connectivity index (χ0) is 14.7. The van der Waals surface area contributed by atoms with E-state index in [4.69, 9.17) is 11.6 Å². The smallest absolute Gasteiger partial charge is 0.282 e. The van der Waals surface area contributed by atoms with Crippen LogP contribution >= 0.6 is 11.6 Å². The highest BCUT2D eigenvalue weighted by atomic mass is 35.5. The van der Waals surface area contributed by atoms with Crippen molar-refractivity contribution in [1.29, 1.82) is 0 Å². The van der Waals surface area contributed by atoms with Gasteiger partial charge in [-0.05, 0) is 25.5 Å². The van der Waals surface area contributed by atoms with E-state index in [0.717, 1.165) is 13.1 Å². The molecule has 1 aliphatic rings. The Balaban J connectivity index is 2.00. The summed E-state index contributed by atoms with van der Waals surface area (Å²) in [5.41, 5.74) is 0.698. The summed E-state index contributed by atoms with van der Waals surface area (Å²) < 4.78 is 0. The van der Waals surface area contributed by atoms with Crippen molar-refractivity contribution in [2.45, 2.75) is 33.2 Å². The van der Waals surface area contributed by atoms with Gasteiger partial charge in [-0.1, -0.05) is 37.6 Å². The Kier molecular flexibility index (Phi) is 5.06. The minimum atomic E-state index is -0.0449. The predicted octanol–water partition coefficient (Wildman–Crippen LogP) is 2.23. The first kappa shape index (κ1) is 15.3. The number of para-hydroxylation sites is 1. The summed E-state index contributed by atoms with van der Waals surface area (Å²) in [6.45, 7) is 8.69. The lowest BCUT2D eigenvalue weighted by Gasteiger charge is -2.35. The van der Waals surface area contributed by atoms with Crippen molar-refractivity contribution < 1.29 is 9.69 Å². The molecule has 0 unspecified atom stereocenters. The summed E-state index contributed by atoms with van der Waals surface area (Å²) >= 11 is 6.08. The first-order valence-electron chi connectivity index (χ1n) is 7.37. The number of halogens is 1. The Labute approximate surface area is 126 Å². The van der Waals surface area contributed by atoms with Crippen LogP contribution < -0.4 is 10.2 Å². The number of quaternary nitrogens is 1. The standard InChI is InChI=1S/C16H23ClN2O/c1-11-8-12(2)10-19(9-11)13(3)16(20)18-15-7-5-4-6-14(15)17/h4-7,11-13H,8-10H2,1-3H3,(H,18,20)/p+1/t11-,12-,13+/m1/s1. The maximum Gasteiger partial charge on any atom is 0.282 e. The number of piperidine rings is 1. The molecular formula is C16H24ClN2O+. The van der Waals surface area contributed by atoms with Crippen LogP contribution in [0.4, 0.5) is 5.69 Å². The molecule has 1 saturated heterocycles. The quantitative estimate of drug-likeness (QED) is 0.881. The fraction of sp³-hybridized carbons (Fsp3) is 0.562. The second kappa shape index (κ2) is 6.59. The summed E-state index contributed by atoms with van der Waals surface area (Å²) in [5, 5.41) is 3.53. The van der Waals surface area contributed by atoms with Gasteiger partial charge in [0.05, 0.1) is 23.8 Å². The van der Waals surface area contributed by atoms with E-state index in [0.29, 0.717) is 22.5 Å². The minimum Gasteiger partial charge on any atom is -0.324 e. The van der Waals surface area contributed by atoms with Crippen molar-refractivity contribution >= 4 is 23.2 Å². The van der Waals surface area contributed by atoms with Gasteiger partial charge in [-0.3, -0.25) is 4.79 Å². The van der Waals surface area contributed by atoms with Gasteiger partial charge in [0.2, 0.25) is 0 Å². The van der Waals surface area contributed by atoms with Crippen LogP contribution in [0.1, 0.15) is 27.2 Å². The molecule has 2 N–H and O–H groups in total. The molecular weight excluding hydrogens is 272 g/mol. The van der Waals surface area contributed by atoms with Crippen LogP contribution in [0, 0.1) is 11.8 Å². The number of likely N-dealkylation sites (tertiary alicyclic amines) is 1. The first-order valence-corrected chi connectivity index (χ1v) is 7.75. The van der Waals surface area contributed by atoms with Gasteiger partial charge >= 0.3 is 0 Å². The molecule has 0 radical (unpaired) electrons. The van der Waals surface area contributed by atoms with Gasteiger partial charge in [-0.25, -0.2) is 0 Å². The average Bonchev–Trinajstić information content (AvgIpc) is 2.39. The third-order valence-corrected chi connectivity index (χ3v) is 4.49. The Bertz CT molecular complexity index is 467. The summed E-state index contributed by atoms with van der Waals surface area (Å²) in [5.74, 6) is 1.42. The number of nitrogens with one attached hydrogen (secondary N) is 2. The fourth-order valence-corrected chi connectivity index (χ4v) is 3.36. The number of hydrogen-bond acceptors (Lipinski definition) is 1. The molecule has 110 valence electrons. The van der Waals surface area contributed by atoms with Crippen LogP contribution in [0.2, 0.25) is 5.02 Å². The van der Waals surface area contributed by atoms with Crippen molar-refractivity contribution in [3.63, 3.8) is 0 Å². The third kappa shape index (κ3) is 3.74. The lowest BCUT2D eigenvalue weighted by Crippen LogP contribution is -3.18. The van der Waals surface area contributed by atoms with E-state index in [9.17, 15) is 4.79 Å². The second-order valence-electron chi connectivity index (χ2n) is 6.20.